The molecule has 5 heteroatoms. The zero-order valence-corrected chi connectivity index (χ0v) is 15.8. The van der Waals surface area contributed by atoms with Crippen LogP contribution in [-0.4, -0.2) is 34.3 Å². The van der Waals surface area contributed by atoms with Crippen LogP contribution in [0.25, 0.3) is 10.9 Å². The van der Waals surface area contributed by atoms with Gasteiger partial charge in [0.25, 0.3) is 0 Å². The van der Waals surface area contributed by atoms with Crippen molar-refractivity contribution in [2.45, 2.75) is 59.0 Å². The highest BCUT2D eigenvalue weighted by molar-refractivity contribution is 5.91. The number of rotatable bonds is 5. The molecule has 5 nitrogen and oxygen atoms in total. The second-order valence-electron chi connectivity index (χ2n) is 7.82. The first-order valence-corrected chi connectivity index (χ1v) is 9.65. The quantitative estimate of drug-likeness (QED) is 0.868. The van der Waals surface area contributed by atoms with Crippen LogP contribution in [0.1, 0.15) is 48.6 Å². The summed E-state index contributed by atoms with van der Waals surface area (Å²) in [6.45, 7) is 7.46. The van der Waals surface area contributed by atoms with Crippen LogP contribution in [0.4, 0.5) is 0 Å². The summed E-state index contributed by atoms with van der Waals surface area (Å²) in [7, 11) is 0. The Balaban J connectivity index is 1.49. The molecule has 1 saturated carbocycles. The number of benzene rings is 1. The molecule has 1 aromatic heterocycles. The van der Waals surface area contributed by atoms with Crippen LogP contribution in [0, 0.1) is 19.8 Å². The van der Waals surface area contributed by atoms with Crippen molar-refractivity contribution < 1.29 is 9.59 Å². The van der Waals surface area contributed by atoms with Gasteiger partial charge in [-0.1, -0.05) is 18.6 Å². The van der Waals surface area contributed by atoms with Crippen LogP contribution < -0.4 is 5.32 Å². The van der Waals surface area contributed by atoms with Gasteiger partial charge in [-0.15, -0.1) is 0 Å². The number of nitrogens with zero attached hydrogens (tertiary/aromatic N) is 1. The fraction of sp³-hybridized carbons (Fsp3) is 0.524. The second kappa shape index (κ2) is 6.45. The van der Waals surface area contributed by atoms with Gasteiger partial charge in [-0.25, -0.2) is 0 Å². The molecule has 0 spiro atoms. The molecule has 4 rings (SSSR count). The lowest BCUT2D eigenvalue weighted by atomic mass is 10.0. The summed E-state index contributed by atoms with van der Waals surface area (Å²) in [6, 6.07) is 4.73. The van der Waals surface area contributed by atoms with Gasteiger partial charge in [-0.3, -0.25) is 9.59 Å². The van der Waals surface area contributed by atoms with E-state index in [-0.39, 0.29) is 17.7 Å². The summed E-state index contributed by atoms with van der Waals surface area (Å²) in [5.41, 5.74) is 5.97. The van der Waals surface area contributed by atoms with E-state index in [4.69, 9.17) is 0 Å². The Kier molecular flexibility index (Phi) is 4.25. The molecule has 26 heavy (non-hydrogen) atoms. The Labute approximate surface area is 154 Å². The third-order valence-corrected chi connectivity index (χ3v) is 5.82. The minimum Gasteiger partial charge on any atom is -0.358 e. The van der Waals surface area contributed by atoms with Gasteiger partial charge in [0.05, 0.1) is 11.4 Å². The summed E-state index contributed by atoms with van der Waals surface area (Å²) in [5, 5.41) is 4.31. The Morgan fingerprint density at radius 2 is 2.08 bits per heavy atom. The van der Waals surface area contributed by atoms with Crippen LogP contribution in [0.5, 0.6) is 0 Å². The van der Waals surface area contributed by atoms with E-state index < -0.39 is 0 Å². The molecule has 0 radical (unpaired) electrons. The maximum Gasteiger partial charge on any atom is 0.225 e. The zero-order chi connectivity index (χ0) is 18.4. The molecule has 2 aliphatic rings. The molecule has 1 saturated heterocycles. The van der Waals surface area contributed by atoms with Crippen molar-refractivity contribution >= 4 is 22.7 Å². The van der Waals surface area contributed by atoms with E-state index in [9.17, 15) is 9.59 Å². The van der Waals surface area contributed by atoms with Gasteiger partial charge < -0.3 is 15.2 Å². The highest BCUT2D eigenvalue weighted by Gasteiger charge is 2.41. The minimum absolute atomic E-state index is 0.00449. The number of nitrogens with one attached hydrogen (secondary N) is 2. The lowest BCUT2D eigenvalue weighted by Gasteiger charge is -2.15. The fourth-order valence-corrected chi connectivity index (χ4v) is 4.18. The van der Waals surface area contributed by atoms with Gasteiger partial charge in [0.1, 0.15) is 0 Å². The maximum absolute atomic E-state index is 12.6. The summed E-state index contributed by atoms with van der Waals surface area (Å²) in [5.74, 6) is -0.0756. The van der Waals surface area contributed by atoms with Crippen molar-refractivity contribution in [3.8, 4) is 0 Å². The number of aryl methyl sites for hydroxylation is 3. The van der Waals surface area contributed by atoms with E-state index in [2.05, 4.69) is 43.2 Å². The van der Waals surface area contributed by atoms with Crippen molar-refractivity contribution in [3.05, 3.63) is 34.5 Å². The van der Waals surface area contributed by atoms with Crippen LogP contribution in [0.3, 0.4) is 0 Å². The van der Waals surface area contributed by atoms with Crippen molar-refractivity contribution in [2.75, 3.05) is 6.54 Å². The normalized spacial score (nSPS) is 20.2. The van der Waals surface area contributed by atoms with Gasteiger partial charge in [0.15, 0.2) is 0 Å². The van der Waals surface area contributed by atoms with E-state index in [1.807, 2.05) is 4.90 Å². The molecule has 0 bridgehead atoms. The Morgan fingerprint density at radius 3 is 2.77 bits per heavy atom. The van der Waals surface area contributed by atoms with Crippen LogP contribution in [-0.2, 0) is 22.6 Å². The van der Waals surface area contributed by atoms with Gasteiger partial charge in [-0.2, -0.15) is 0 Å². The van der Waals surface area contributed by atoms with Crippen molar-refractivity contribution in [1.82, 2.24) is 15.2 Å². The number of hydrogen-bond donors (Lipinski definition) is 2. The summed E-state index contributed by atoms with van der Waals surface area (Å²) >= 11 is 0. The molecule has 1 atom stereocenters. The molecule has 0 unspecified atom stereocenters. The molecule has 2 aromatic rings. The average Bonchev–Trinajstić information content (AvgIpc) is 3.31. The molecule has 2 heterocycles. The van der Waals surface area contributed by atoms with Gasteiger partial charge in [0.2, 0.25) is 11.8 Å². The third-order valence-electron chi connectivity index (χ3n) is 5.82. The van der Waals surface area contributed by atoms with Crippen molar-refractivity contribution in [1.29, 1.82) is 0 Å². The molecule has 1 aliphatic carbocycles. The smallest absolute Gasteiger partial charge is 0.225 e. The number of H-pyrrole nitrogens is 1. The van der Waals surface area contributed by atoms with E-state index >= 15 is 0 Å². The Morgan fingerprint density at radius 1 is 1.31 bits per heavy atom. The van der Waals surface area contributed by atoms with Crippen molar-refractivity contribution in [3.63, 3.8) is 0 Å². The Hall–Kier alpha value is -2.30. The SMILES string of the molecule is CCc1[nH]c2c(CNC(=O)[C@@H]3CC(=O)N(C4CC4)C3)cc(C)cc2c1C. The lowest BCUT2D eigenvalue weighted by molar-refractivity contribution is -0.129. The number of hydrogen-bond acceptors (Lipinski definition) is 2. The molecular weight excluding hydrogens is 326 g/mol. The number of aromatic amines is 1. The van der Waals surface area contributed by atoms with Crippen molar-refractivity contribution in [2.24, 2.45) is 5.92 Å². The molecule has 1 aromatic carbocycles. The molecule has 2 fully saturated rings. The van der Waals surface area contributed by atoms with Crippen LogP contribution in [0.2, 0.25) is 0 Å². The average molecular weight is 353 g/mol. The molecule has 2 N–H and O–H groups in total. The number of carbonyl (C=O) groups is 2. The minimum atomic E-state index is -0.208. The number of amides is 2. The summed E-state index contributed by atoms with van der Waals surface area (Å²) in [6.07, 6.45) is 3.50. The van der Waals surface area contributed by atoms with E-state index in [1.54, 1.807) is 0 Å². The number of aromatic nitrogens is 1. The fourth-order valence-electron chi connectivity index (χ4n) is 4.18. The number of likely N-dealkylation sites (tertiary alicyclic amines) is 1. The van der Waals surface area contributed by atoms with Gasteiger partial charge in [0, 0.05) is 36.6 Å². The summed E-state index contributed by atoms with van der Waals surface area (Å²) in [4.78, 5) is 30.1. The third kappa shape index (κ3) is 3.00. The topological polar surface area (TPSA) is 65.2 Å². The van der Waals surface area contributed by atoms with Crippen LogP contribution >= 0.6 is 0 Å². The predicted octanol–water partition coefficient (Wildman–Crippen LogP) is 2.97. The first kappa shape index (κ1) is 17.1. The van der Waals surface area contributed by atoms with E-state index in [1.165, 1.54) is 22.2 Å². The monoisotopic (exact) mass is 353 g/mol. The number of carbonyl (C=O) groups excluding carboxylic acids is 2. The standard InChI is InChI=1S/C21H27N3O2/c1-4-18-13(3)17-8-12(2)7-14(20(17)23-18)10-22-21(26)15-9-19(25)24(11-15)16-5-6-16/h7-8,15-16,23H,4-6,9-11H2,1-3H3,(H,22,26)/t15-/m1/s1. The maximum atomic E-state index is 12.6. The molecular formula is C21H27N3O2. The van der Waals surface area contributed by atoms with Gasteiger partial charge >= 0.3 is 0 Å². The van der Waals surface area contributed by atoms with E-state index in [0.29, 0.717) is 25.6 Å². The van der Waals surface area contributed by atoms with E-state index in [0.717, 1.165) is 30.3 Å². The lowest BCUT2D eigenvalue weighted by Crippen LogP contribution is -2.33. The molecule has 1 aliphatic heterocycles. The molecule has 2 amide bonds. The summed E-state index contributed by atoms with van der Waals surface area (Å²) < 4.78 is 0. The first-order valence-electron chi connectivity index (χ1n) is 9.65. The molecule has 138 valence electrons. The second-order valence-corrected chi connectivity index (χ2v) is 7.82. The Bertz CT molecular complexity index is 879. The van der Waals surface area contributed by atoms with Gasteiger partial charge in [-0.05, 0) is 50.3 Å². The first-order chi connectivity index (χ1) is 12.5. The zero-order valence-electron chi connectivity index (χ0n) is 15.8. The van der Waals surface area contributed by atoms with Crippen LogP contribution in [0.15, 0.2) is 12.1 Å². The predicted molar refractivity (Wildman–Crippen MR) is 102 cm³/mol. The highest BCUT2D eigenvalue weighted by atomic mass is 16.2. The highest BCUT2D eigenvalue weighted by Crippen LogP contribution is 2.32. The largest absolute Gasteiger partial charge is 0.358 e. The number of fused-ring (bicyclic) bond motifs is 1.